The van der Waals surface area contributed by atoms with E-state index in [9.17, 15) is 13.2 Å². The highest BCUT2D eigenvalue weighted by atomic mass is 32.2. The van der Waals surface area contributed by atoms with Crippen molar-refractivity contribution in [1.82, 2.24) is 24.8 Å². The summed E-state index contributed by atoms with van der Waals surface area (Å²) >= 11 is 1.38. The Morgan fingerprint density at radius 1 is 1.09 bits per heavy atom. The lowest BCUT2D eigenvalue weighted by atomic mass is 10.2. The summed E-state index contributed by atoms with van der Waals surface area (Å²) < 4.78 is 28.9. The molecule has 1 fully saturated rings. The molecule has 1 aliphatic carbocycles. The summed E-state index contributed by atoms with van der Waals surface area (Å²) in [5.74, 6) is -0.292. The Morgan fingerprint density at radius 3 is 2.58 bits per heavy atom. The number of sulfonamides is 1. The van der Waals surface area contributed by atoms with Crippen molar-refractivity contribution in [2.75, 3.05) is 0 Å². The summed E-state index contributed by atoms with van der Waals surface area (Å²) in [6, 6.07) is 16.3. The van der Waals surface area contributed by atoms with E-state index in [1.54, 1.807) is 40.5 Å². The highest BCUT2D eigenvalue weighted by Gasteiger charge is 2.27. The van der Waals surface area contributed by atoms with Crippen LogP contribution in [0.2, 0.25) is 0 Å². The van der Waals surface area contributed by atoms with E-state index in [0.29, 0.717) is 10.7 Å². The maximum Gasteiger partial charge on any atom is 0.271 e. The van der Waals surface area contributed by atoms with Gasteiger partial charge in [-0.25, -0.2) is 22.8 Å². The number of rotatable bonds is 8. The van der Waals surface area contributed by atoms with Gasteiger partial charge in [-0.2, -0.15) is 5.10 Å². The number of aromatic nitrogens is 3. The highest BCUT2D eigenvalue weighted by molar-refractivity contribution is 7.89. The number of nitrogens with zero attached hydrogens (tertiary/aromatic N) is 3. The van der Waals surface area contributed by atoms with Crippen LogP contribution in [0.25, 0.3) is 16.3 Å². The second-order valence-electron chi connectivity index (χ2n) is 7.77. The van der Waals surface area contributed by atoms with Gasteiger partial charge in [0.05, 0.1) is 16.8 Å². The van der Waals surface area contributed by atoms with Crippen LogP contribution in [0, 0.1) is 0 Å². The number of amides is 1. The molecule has 0 spiro atoms. The molecule has 1 saturated carbocycles. The molecule has 2 N–H and O–H groups in total. The van der Waals surface area contributed by atoms with Gasteiger partial charge in [-0.1, -0.05) is 30.3 Å². The Balaban J connectivity index is 1.20. The molecule has 5 rings (SSSR count). The Morgan fingerprint density at radius 2 is 1.85 bits per heavy atom. The van der Waals surface area contributed by atoms with Crippen LogP contribution in [0.1, 0.15) is 28.9 Å². The number of benzene rings is 2. The molecule has 0 atom stereocenters. The first-order chi connectivity index (χ1) is 16.0. The Labute approximate surface area is 195 Å². The molecule has 2 aromatic heterocycles. The molecule has 4 aromatic rings. The van der Waals surface area contributed by atoms with Gasteiger partial charge in [0.25, 0.3) is 5.91 Å². The van der Waals surface area contributed by atoms with Gasteiger partial charge < -0.3 is 5.32 Å². The van der Waals surface area contributed by atoms with Crippen molar-refractivity contribution < 1.29 is 13.2 Å². The highest BCUT2D eigenvalue weighted by Crippen LogP contribution is 2.25. The third kappa shape index (κ3) is 5.03. The van der Waals surface area contributed by atoms with Crippen LogP contribution in [0.4, 0.5) is 0 Å². The Bertz CT molecular complexity index is 1370. The summed E-state index contributed by atoms with van der Waals surface area (Å²) in [5, 5.41) is 9.62. The fourth-order valence-electron chi connectivity index (χ4n) is 3.21. The molecular formula is C23H21N5O3S2. The number of thiazole rings is 1. The first-order valence-electron chi connectivity index (χ1n) is 10.4. The van der Waals surface area contributed by atoms with E-state index in [2.05, 4.69) is 20.1 Å². The molecule has 0 saturated heterocycles. The number of carbonyl (C=O) groups is 1. The second-order valence-corrected chi connectivity index (χ2v) is 10.3. The molecule has 33 heavy (non-hydrogen) atoms. The smallest absolute Gasteiger partial charge is 0.271 e. The monoisotopic (exact) mass is 479 g/mol. The quantitative estimate of drug-likeness (QED) is 0.403. The number of hydrogen-bond acceptors (Lipinski definition) is 6. The normalized spacial score (nSPS) is 13.7. The number of para-hydroxylation sites is 1. The van der Waals surface area contributed by atoms with Gasteiger partial charge in [-0.15, -0.1) is 11.3 Å². The van der Waals surface area contributed by atoms with Crippen LogP contribution < -0.4 is 10.0 Å². The van der Waals surface area contributed by atoms with Crippen LogP contribution in [0.5, 0.6) is 0 Å². The summed E-state index contributed by atoms with van der Waals surface area (Å²) in [4.78, 5) is 17.2. The average Bonchev–Trinajstić information content (AvgIpc) is 3.29. The van der Waals surface area contributed by atoms with Crippen molar-refractivity contribution in [3.63, 3.8) is 0 Å². The van der Waals surface area contributed by atoms with Crippen LogP contribution in [0.15, 0.2) is 77.3 Å². The van der Waals surface area contributed by atoms with E-state index >= 15 is 0 Å². The third-order valence-electron chi connectivity index (χ3n) is 5.17. The van der Waals surface area contributed by atoms with Crippen molar-refractivity contribution >= 4 is 27.3 Å². The zero-order valence-corrected chi connectivity index (χ0v) is 19.1. The van der Waals surface area contributed by atoms with Gasteiger partial charge in [-0.05, 0) is 42.7 Å². The van der Waals surface area contributed by atoms with Crippen molar-refractivity contribution in [3.05, 3.63) is 83.6 Å². The zero-order chi connectivity index (χ0) is 22.8. The summed E-state index contributed by atoms with van der Waals surface area (Å²) in [6.45, 7) is 0.272. The van der Waals surface area contributed by atoms with E-state index in [-0.39, 0.29) is 23.4 Å². The molecule has 0 unspecified atom stereocenters. The van der Waals surface area contributed by atoms with E-state index in [1.807, 2.05) is 36.5 Å². The van der Waals surface area contributed by atoms with Crippen molar-refractivity contribution in [2.45, 2.75) is 30.3 Å². The van der Waals surface area contributed by atoms with E-state index in [1.165, 1.54) is 11.3 Å². The largest absolute Gasteiger partial charge is 0.347 e. The van der Waals surface area contributed by atoms with Crippen molar-refractivity contribution in [3.8, 4) is 16.3 Å². The van der Waals surface area contributed by atoms with Gasteiger partial charge in [0.1, 0.15) is 10.7 Å². The molecule has 8 nitrogen and oxygen atoms in total. The topological polar surface area (TPSA) is 106 Å². The van der Waals surface area contributed by atoms with Crippen LogP contribution in [0.3, 0.4) is 0 Å². The first-order valence-corrected chi connectivity index (χ1v) is 12.8. The molecule has 1 amide bonds. The van der Waals surface area contributed by atoms with Crippen molar-refractivity contribution in [2.24, 2.45) is 0 Å². The summed E-state index contributed by atoms with van der Waals surface area (Å²) in [7, 11) is -3.48. The molecule has 0 radical (unpaired) electrons. The predicted molar refractivity (Wildman–Crippen MR) is 126 cm³/mol. The molecule has 2 aromatic carbocycles. The lowest BCUT2D eigenvalue weighted by molar-refractivity contribution is 0.0946. The van der Waals surface area contributed by atoms with Crippen LogP contribution in [-0.2, 0) is 16.6 Å². The van der Waals surface area contributed by atoms with E-state index < -0.39 is 10.0 Å². The zero-order valence-electron chi connectivity index (χ0n) is 17.5. The van der Waals surface area contributed by atoms with Crippen molar-refractivity contribution in [1.29, 1.82) is 0 Å². The van der Waals surface area contributed by atoms with Crippen LogP contribution in [-0.4, -0.2) is 35.1 Å². The molecule has 0 bridgehead atoms. The number of hydrogen-bond donors (Lipinski definition) is 2. The molecule has 0 aliphatic heterocycles. The Kier molecular flexibility index (Phi) is 5.79. The first kappa shape index (κ1) is 21.5. The molecular weight excluding hydrogens is 458 g/mol. The average molecular weight is 480 g/mol. The minimum absolute atomic E-state index is 0.0599. The summed E-state index contributed by atoms with van der Waals surface area (Å²) in [6.07, 6.45) is 5.37. The third-order valence-corrected chi connectivity index (χ3v) is 7.60. The molecule has 1 aliphatic rings. The number of nitrogens with one attached hydrogen (secondary N) is 2. The molecule has 168 valence electrons. The maximum atomic E-state index is 12.6. The lowest BCUT2D eigenvalue weighted by Gasteiger charge is -2.07. The SMILES string of the molecule is O=C(NCc1ccc(S(=O)(=O)NC2CC2)cc1)c1csc(-c2cnn(-c3ccccc3)c2)n1. The maximum absolute atomic E-state index is 12.6. The molecule has 10 heteroatoms. The van der Waals surface area contributed by atoms with Gasteiger partial charge in [0, 0.05) is 29.7 Å². The van der Waals surface area contributed by atoms with Gasteiger partial charge in [-0.3, -0.25) is 4.79 Å². The second kappa shape index (κ2) is 8.89. The molecule has 2 heterocycles. The Hall–Kier alpha value is -3.34. The van der Waals surface area contributed by atoms with Gasteiger partial charge in [0.15, 0.2) is 0 Å². The lowest BCUT2D eigenvalue weighted by Crippen LogP contribution is -2.26. The minimum atomic E-state index is -3.48. The minimum Gasteiger partial charge on any atom is -0.347 e. The van der Waals surface area contributed by atoms with E-state index in [0.717, 1.165) is 29.7 Å². The number of carbonyl (C=O) groups excluding carboxylic acids is 1. The predicted octanol–water partition coefficient (Wildman–Crippen LogP) is 3.37. The van der Waals surface area contributed by atoms with Gasteiger partial charge in [0.2, 0.25) is 10.0 Å². The van der Waals surface area contributed by atoms with Gasteiger partial charge >= 0.3 is 0 Å². The fraction of sp³-hybridized carbons (Fsp3) is 0.174. The fourth-order valence-corrected chi connectivity index (χ4v) is 5.29. The summed E-state index contributed by atoms with van der Waals surface area (Å²) in [5.41, 5.74) is 2.91. The van der Waals surface area contributed by atoms with E-state index in [4.69, 9.17) is 0 Å². The van der Waals surface area contributed by atoms with Crippen LogP contribution >= 0.6 is 11.3 Å². The standard InChI is InChI=1S/C23H21N5O3S2/c29-22(24-12-16-6-10-20(11-7-16)33(30,31)27-18-8-9-18)21-15-32-23(26-21)17-13-25-28(14-17)19-4-2-1-3-5-19/h1-7,10-11,13-15,18,27H,8-9,12H2,(H,24,29).